The monoisotopic (exact) mass is 406 g/mol. The van der Waals surface area contributed by atoms with Crippen LogP contribution in [0.2, 0.25) is 0 Å². The van der Waals surface area contributed by atoms with E-state index in [1.165, 1.54) is 39.2 Å². The number of methoxy groups -OCH3 is 1. The number of amides is 2. The van der Waals surface area contributed by atoms with E-state index >= 15 is 0 Å². The molecule has 1 aliphatic rings. The highest BCUT2D eigenvalue weighted by molar-refractivity contribution is 7.33. The van der Waals surface area contributed by atoms with E-state index in [-0.39, 0.29) is 17.4 Å². The van der Waals surface area contributed by atoms with E-state index in [4.69, 9.17) is 9.26 Å². The normalized spacial score (nSPS) is 13.5. The van der Waals surface area contributed by atoms with Crippen LogP contribution >= 0.6 is 8.25 Å². The first-order chi connectivity index (χ1) is 13.5. The Morgan fingerprint density at radius 3 is 2.04 bits per heavy atom. The minimum Gasteiger partial charge on any atom is -0.496 e. The van der Waals surface area contributed by atoms with Gasteiger partial charge in [-0.25, -0.2) is 9.46 Å². The molecule has 8 nitrogen and oxygen atoms in total. The molecule has 2 heterocycles. The van der Waals surface area contributed by atoms with Crippen LogP contribution in [0.15, 0.2) is 36.4 Å². The number of carbonyl (C=O) groups excluding carboxylic acids is 2. The standard InChI is InChI=1S/C15H13N2O6P.C4H10/c1-21-9-7-12(16-13(8-9)23-24(20)22-2)17-14(18)10-5-3-4-6-11(10)15(17)19;1-3-4-2/h3-8,24H,1-2H3;3-4H2,1-2H3. The zero-order valence-electron chi connectivity index (χ0n) is 16.2. The number of ether oxygens (including phenoxy) is 1. The molecule has 1 aromatic carbocycles. The van der Waals surface area contributed by atoms with Gasteiger partial charge in [-0.05, 0) is 12.1 Å². The predicted octanol–water partition coefficient (Wildman–Crippen LogP) is 4.11. The van der Waals surface area contributed by atoms with E-state index in [0.29, 0.717) is 11.1 Å². The Hall–Kier alpha value is -2.70. The number of aromatic nitrogens is 1. The van der Waals surface area contributed by atoms with Crippen LogP contribution in [0.4, 0.5) is 5.82 Å². The SMILES string of the molecule is CCCC.COc1cc(O[PH](=O)OC)nc(N2C(=O)c3ccccc3C2=O)c1. The van der Waals surface area contributed by atoms with Crippen molar-refractivity contribution < 1.29 is 27.9 Å². The molecule has 1 aliphatic heterocycles. The van der Waals surface area contributed by atoms with Crippen LogP contribution in [-0.4, -0.2) is 31.0 Å². The topological polar surface area (TPSA) is 95.0 Å². The summed E-state index contributed by atoms with van der Waals surface area (Å²) in [5.41, 5.74) is 0.583. The molecule has 1 unspecified atom stereocenters. The lowest BCUT2D eigenvalue weighted by molar-refractivity contribution is 0.0925. The molecule has 2 amide bonds. The summed E-state index contributed by atoms with van der Waals surface area (Å²) in [5.74, 6) is -0.769. The van der Waals surface area contributed by atoms with Crippen molar-refractivity contribution >= 4 is 25.9 Å². The maximum absolute atomic E-state index is 12.5. The van der Waals surface area contributed by atoms with Crippen molar-refractivity contribution in [3.8, 4) is 11.6 Å². The summed E-state index contributed by atoms with van der Waals surface area (Å²) in [4.78, 5) is 30.0. The van der Waals surface area contributed by atoms with E-state index in [0.717, 1.165) is 4.90 Å². The first-order valence-electron chi connectivity index (χ1n) is 8.76. The molecule has 1 aromatic heterocycles. The van der Waals surface area contributed by atoms with Crippen molar-refractivity contribution in [3.05, 3.63) is 47.5 Å². The number of nitrogens with zero attached hydrogens (tertiary/aromatic N) is 2. The molecule has 28 heavy (non-hydrogen) atoms. The smallest absolute Gasteiger partial charge is 0.368 e. The second-order valence-electron chi connectivity index (χ2n) is 5.75. The second kappa shape index (κ2) is 10.0. The number of fused-ring (bicyclic) bond motifs is 1. The highest BCUT2D eigenvalue weighted by Gasteiger charge is 2.37. The number of benzene rings is 1. The zero-order chi connectivity index (χ0) is 20.7. The summed E-state index contributed by atoms with van der Waals surface area (Å²) in [5, 5.41) is 0. The van der Waals surface area contributed by atoms with Gasteiger partial charge in [0.05, 0.1) is 18.2 Å². The van der Waals surface area contributed by atoms with E-state index in [1.807, 2.05) is 0 Å². The van der Waals surface area contributed by atoms with Crippen LogP contribution in [-0.2, 0) is 9.09 Å². The van der Waals surface area contributed by atoms with Crippen LogP contribution < -0.4 is 14.2 Å². The third-order valence-electron chi connectivity index (χ3n) is 3.88. The fourth-order valence-electron chi connectivity index (χ4n) is 2.28. The molecular formula is C19H23N2O6P. The molecule has 150 valence electrons. The van der Waals surface area contributed by atoms with Gasteiger partial charge in [0, 0.05) is 19.2 Å². The van der Waals surface area contributed by atoms with Gasteiger partial charge in [0.1, 0.15) is 5.75 Å². The molecule has 0 saturated carbocycles. The van der Waals surface area contributed by atoms with Gasteiger partial charge in [-0.15, -0.1) is 0 Å². The molecule has 0 fully saturated rings. The molecule has 0 bridgehead atoms. The van der Waals surface area contributed by atoms with Gasteiger partial charge >= 0.3 is 8.25 Å². The zero-order valence-corrected chi connectivity index (χ0v) is 17.2. The Kier molecular flexibility index (Phi) is 7.72. The second-order valence-corrected chi connectivity index (χ2v) is 6.86. The average Bonchev–Trinajstić information content (AvgIpc) is 2.98. The lowest BCUT2D eigenvalue weighted by Crippen LogP contribution is -2.30. The maximum atomic E-state index is 12.5. The Morgan fingerprint density at radius 2 is 1.57 bits per heavy atom. The van der Waals surface area contributed by atoms with Gasteiger partial charge in [-0.2, -0.15) is 4.98 Å². The number of rotatable bonds is 6. The van der Waals surface area contributed by atoms with Crippen molar-refractivity contribution in [2.75, 3.05) is 19.1 Å². The molecule has 0 radical (unpaired) electrons. The first kappa shape index (κ1) is 21.6. The Bertz CT molecular complexity index is 849. The fraction of sp³-hybridized carbons (Fsp3) is 0.316. The van der Waals surface area contributed by atoms with Crippen LogP contribution in [0.3, 0.4) is 0 Å². The molecule has 0 N–H and O–H groups in total. The summed E-state index contributed by atoms with van der Waals surface area (Å²) in [6, 6.07) is 9.27. The summed E-state index contributed by atoms with van der Waals surface area (Å²) in [6.45, 7) is 4.36. The van der Waals surface area contributed by atoms with Crippen molar-refractivity contribution in [2.45, 2.75) is 26.7 Å². The molecule has 9 heteroatoms. The van der Waals surface area contributed by atoms with E-state index in [1.54, 1.807) is 24.3 Å². The highest BCUT2D eigenvalue weighted by Crippen LogP contribution is 2.34. The summed E-state index contributed by atoms with van der Waals surface area (Å²) in [6.07, 6.45) is 2.64. The van der Waals surface area contributed by atoms with Crippen molar-refractivity contribution in [1.82, 2.24) is 4.98 Å². The Balaban J connectivity index is 0.000000640. The van der Waals surface area contributed by atoms with Crippen molar-refractivity contribution in [1.29, 1.82) is 0 Å². The van der Waals surface area contributed by atoms with Gasteiger partial charge in [0.2, 0.25) is 5.88 Å². The van der Waals surface area contributed by atoms with Gasteiger partial charge in [-0.3, -0.25) is 9.59 Å². The number of pyridine rings is 1. The minimum absolute atomic E-state index is 0.0152. The van der Waals surface area contributed by atoms with Gasteiger partial charge in [0.25, 0.3) is 11.8 Å². The number of hydrogen-bond donors (Lipinski definition) is 0. The number of hydrogen-bond acceptors (Lipinski definition) is 7. The quantitative estimate of drug-likeness (QED) is 0.526. The predicted molar refractivity (Wildman–Crippen MR) is 106 cm³/mol. The third kappa shape index (κ3) is 4.77. The highest BCUT2D eigenvalue weighted by atomic mass is 31.1. The number of carbonyl (C=O) groups is 2. The summed E-state index contributed by atoms with van der Waals surface area (Å²) >= 11 is 0. The molecular weight excluding hydrogens is 383 g/mol. The summed E-state index contributed by atoms with van der Waals surface area (Å²) in [7, 11) is -0.145. The minimum atomic E-state index is -2.78. The number of imide groups is 1. The average molecular weight is 406 g/mol. The third-order valence-corrected chi connectivity index (χ3v) is 4.58. The Morgan fingerprint density at radius 1 is 1.00 bits per heavy atom. The van der Waals surface area contributed by atoms with Crippen LogP contribution in [0.5, 0.6) is 11.6 Å². The number of unbranched alkanes of at least 4 members (excludes halogenated alkanes) is 1. The van der Waals surface area contributed by atoms with Gasteiger partial charge < -0.3 is 13.8 Å². The largest absolute Gasteiger partial charge is 0.496 e. The van der Waals surface area contributed by atoms with Crippen LogP contribution in [0.25, 0.3) is 0 Å². The van der Waals surface area contributed by atoms with Crippen molar-refractivity contribution in [3.63, 3.8) is 0 Å². The first-order valence-corrected chi connectivity index (χ1v) is 9.98. The van der Waals surface area contributed by atoms with E-state index in [2.05, 4.69) is 23.4 Å². The number of anilines is 1. The molecule has 0 aliphatic carbocycles. The van der Waals surface area contributed by atoms with Gasteiger partial charge in [-0.1, -0.05) is 38.8 Å². The van der Waals surface area contributed by atoms with Crippen molar-refractivity contribution in [2.24, 2.45) is 0 Å². The molecule has 1 atom stereocenters. The molecule has 2 aromatic rings. The fourth-order valence-corrected chi connectivity index (χ4v) is 2.64. The molecule has 0 spiro atoms. The lowest BCUT2D eigenvalue weighted by Gasteiger charge is -2.15. The lowest BCUT2D eigenvalue weighted by atomic mass is 10.1. The van der Waals surface area contributed by atoms with E-state index < -0.39 is 20.1 Å². The van der Waals surface area contributed by atoms with Gasteiger partial charge in [0.15, 0.2) is 5.82 Å². The van der Waals surface area contributed by atoms with Crippen LogP contribution in [0.1, 0.15) is 47.4 Å². The molecule has 3 rings (SSSR count). The Labute approximate surface area is 164 Å². The van der Waals surface area contributed by atoms with Crippen LogP contribution in [0, 0.1) is 0 Å². The maximum Gasteiger partial charge on any atom is 0.368 e. The molecule has 0 saturated heterocycles. The van der Waals surface area contributed by atoms with E-state index in [9.17, 15) is 14.2 Å². The summed E-state index contributed by atoms with van der Waals surface area (Å²) < 4.78 is 26.2.